The minimum Gasteiger partial charge on any atom is -0.340 e. The first-order valence-corrected chi connectivity index (χ1v) is 19.7. The van der Waals surface area contributed by atoms with Crippen LogP contribution in [0.2, 0.25) is 0 Å². The molecule has 1 heterocycles. The first kappa shape index (κ1) is 44.0. The maximum absolute atomic E-state index is 16.4. The van der Waals surface area contributed by atoms with Gasteiger partial charge in [0.05, 0.1) is 10.5 Å². The summed E-state index contributed by atoms with van der Waals surface area (Å²) in [4.78, 5) is 1.21. The maximum Gasteiger partial charge on any atom is 0.303 e. The van der Waals surface area contributed by atoms with Gasteiger partial charge < -0.3 is 4.90 Å². The van der Waals surface area contributed by atoms with E-state index in [-0.39, 0.29) is 23.6 Å². The first-order valence-electron chi connectivity index (χ1n) is 18.9. The van der Waals surface area contributed by atoms with Crippen LogP contribution in [0.5, 0.6) is 0 Å². The molecule has 0 saturated heterocycles. The van der Waals surface area contributed by atoms with Gasteiger partial charge in [0.25, 0.3) is 0 Å². The van der Waals surface area contributed by atoms with E-state index in [0.29, 0.717) is 24.2 Å². The Balaban J connectivity index is 0.00000331. The minimum absolute atomic E-state index is 0.0626. The van der Waals surface area contributed by atoms with Crippen LogP contribution in [0.1, 0.15) is 117 Å². The van der Waals surface area contributed by atoms with E-state index in [9.17, 15) is 4.39 Å². The third-order valence-corrected chi connectivity index (χ3v) is 11.0. The minimum atomic E-state index is -4.32. The Morgan fingerprint density at radius 2 is 1.40 bits per heavy atom. The average Bonchev–Trinajstić information content (AvgIpc) is 3.11. The van der Waals surface area contributed by atoms with Crippen molar-refractivity contribution in [2.75, 3.05) is 11.4 Å². The second-order valence-electron chi connectivity index (χ2n) is 15.1. The highest BCUT2D eigenvalue weighted by Gasteiger charge is 2.47. The lowest BCUT2D eigenvalue weighted by atomic mass is 9.84. The number of rotatable bonds is 10. The molecule has 10 heteroatoms. The number of halogens is 7. The molecule has 0 unspecified atom stereocenters. The van der Waals surface area contributed by atoms with Crippen molar-refractivity contribution in [1.82, 2.24) is 4.31 Å². The molecule has 2 nitrogen and oxygen atoms in total. The summed E-state index contributed by atoms with van der Waals surface area (Å²) < 4.78 is 111. The van der Waals surface area contributed by atoms with Crippen LogP contribution in [-0.4, -0.2) is 10.8 Å². The fraction of sp³-hybridized carbons (Fsp3) is 0.422. The van der Waals surface area contributed by atoms with Crippen molar-refractivity contribution < 1.29 is 30.7 Å². The SMILES string of the molecule is C=C(CN1Cc2c(F)c(F)cc(F)c2C(F)(F)c2c(C)c(C)c(F)c(F)c2S1)N(Cc1cc(CCC)cc(C(C)(C)C)c1)c1ccc(CCC)cc1C.CC. The van der Waals surface area contributed by atoms with Crippen LogP contribution < -0.4 is 4.90 Å². The molecule has 55 heavy (non-hydrogen) atoms. The number of hydrogen-bond acceptors (Lipinski definition) is 3. The Bertz CT molecular complexity index is 2050. The van der Waals surface area contributed by atoms with Gasteiger partial charge in [0, 0.05) is 48.2 Å². The molecule has 298 valence electrons. The number of nitrogens with zero attached hydrogens (tertiary/aromatic N) is 2. The Hall–Kier alpha value is -3.76. The van der Waals surface area contributed by atoms with Crippen molar-refractivity contribution in [1.29, 1.82) is 0 Å². The molecule has 0 saturated carbocycles. The van der Waals surface area contributed by atoms with E-state index < -0.39 is 68.7 Å². The highest BCUT2D eigenvalue weighted by Crippen LogP contribution is 2.50. The smallest absolute Gasteiger partial charge is 0.303 e. The molecule has 5 rings (SSSR count). The Labute approximate surface area is 327 Å². The van der Waals surface area contributed by atoms with Crippen LogP contribution in [0.3, 0.4) is 0 Å². The predicted molar refractivity (Wildman–Crippen MR) is 212 cm³/mol. The molecule has 0 spiro atoms. The summed E-state index contributed by atoms with van der Waals surface area (Å²) in [5, 5.41) is 0. The summed E-state index contributed by atoms with van der Waals surface area (Å²) in [7, 11) is 0. The maximum atomic E-state index is 16.4. The third kappa shape index (κ3) is 9.12. The fourth-order valence-electron chi connectivity index (χ4n) is 7.07. The van der Waals surface area contributed by atoms with Gasteiger partial charge in [-0.05, 0) is 96.0 Å². The summed E-state index contributed by atoms with van der Waals surface area (Å²) in [6, 6.07) is 12.7. The van der Waals surface area contributed by atoms with Gasteiger partial charge in [-0.25, -0.2) is 26.3 Å². The van der Waals surface area contributed by atoms with Crippen LogP contribution in [0.15, 0.2) is 59.6 Å². The Kier molecular flexibility index (Phi) is 14.1. The van der Waals surface area contributed by atoms with Crippen LogP contribution in [0, 0.1) is 49.9 Å². The molecule has 1 aliphatic heterocycles. The standard InChI is InChI=1S/C43H47F7N2S.C2H6/c1-10-12-28-14-15-35(24(3)16-28)52(22-30-17-29(13-11-2)18-31(19-30)42(7,8)9)25(4)21-51-23-32-37(33(44)20-34(45)39(32)47)43(49,50)36-26(5)27(6)38(46)40(48)41(36)53-51;1-2/h14-20H,4,10-13,21-23H2,1-3,5-9H3;1-2H3. The van der Waals surface area contributed by atoms with Crippen molar-refractivity contribution in [3.8, 4) is 0 Å². The van der Waals surface area contributed by atoms with E-state index in [2.05, 4.69) is 65.5 Å². The Morgan fingerprint density at radius 1 is 0.782 bits per heavy atom. The molecule has 4 aromatic carbocycles. The fourth-order valence-corrected chi connectivity index (χ4v) is 8.27. The number of anilines is 1. The summed E-state index contributed by atoms with van der Waals surface area (Å²) in [6.07, 6.45) is 3.65. The highest BCUT2D eigenvalue weighted by molar-refractivity contribution is 7.97. The molecule has 0 fully saturated rings. The summed E-state index contributed by atoms with van der Waals surface area (Å²) in [6.45, 7) is 22.7. The number of hydrogen-bond donors (Lipinski definition) is 0. The van der Waals surface area contributed by atoms with Gasteiger partial charge in [-0.3, -0.25) is 0 Å². The molecule has 0 bridgehead atoms. The molecule has 0 aliphatic carbocycles. The molecule has 0 N–H and O–H groups in total. The largest absolute Gasteiger partial charge is 0.340 e. The highest BCUT2D eigenvalue weighted by atomic mass is 32.2. The molecular formula is C45H53F7N2S. The van der Waals surface area contributed by atoms with E-state index in [1.807, 2.05) is 37.8 Å². The average molecular weight is 787 g/mol. The van der Waals surface area contributed by atoms with Gasteiger partial charge in [0.1, 0.15) is 5.82 Å². The molecule has 0 aromatic heterocycles. The van der Waals surface area contributed by atoms with E-state index in [4.69, 9.17) is 0 Å². The number of benzene rings is 4. The Morgan fingerprint density at radius 3 is 2.00 bits per heavy atom. The summed E-state index contributed by atoms with van der Waals surface area (Å²) in [5.74, 6) is -12.1. The second kappa shape index (κ2) is 17.6. The van der Waals surface area contributed by atoms with Crippen molar-refractivity contribution >= 4 is 17.6 Å². The van der Waals surface area contributed by atoms with Gasteiger partial charge in [-0.1, -0.05) is 98.2 Å². The van der Waals surface area contributed by atoms with E-state index in [1.54, 1.807) is 0 Å². The van der Waals surface area contributed by atoms with Crippen molar-refractivity contribution in [3.63, 3.8) is 0 Å². The lowest BCUT2D eigenvalue weighted by Gasteiger charge is -2.35. The molecule has 0 atom stereocenters. The molecular weight excluding hydrogens is 734 g/mol. The number of aryl methyl sites for hydroxylation is 3. The van der Waals surface area contributed by atoms with E-state index in [0.717, 1.165) is 60.5 Å². The first-order chi connectivity index (χ1) is 25.8. The molecule has 4 aromatic rings. The van der Waals surface area contributed by atoms with Crippen LogP contribution >= 0.6 is 11.9 Å². The van der Waals surface area contributed by atoms with Crippen LogP contribution in [0.25, 0.3) is 0 Å². The van der Waals surface area contributed by atoms with E-state index >= 15 is 26.3 Å². The zero-order valence-corrected chi connectivity index (χ0v) is 34.5. The van der Waals surface area contributed by atoms with Crippen LogP contribution in [-0.2, 0) is 37.3 Å². The van der Waals surface area contributed by atoms with Gasteiger partial charge in [0.2, 0.25) is 0 Å². The predicted octanol–water partition coefficient (Wildman–Crippen LogP) is 13.7. The summed E-state index contributed by atoms with van der Waals surface area (Å²) in [5.41, 5.74) is 2.45. The van der Waals surface area contributed by atoms with Gasteiger partial charge in [-0.15, -0.1) is 0 Å². The zero-order chi connectivity index (χ0) is 41.2. The van der Waals surface area contributed by atoms with Gasteiger partial charge in [-0.2, -0.15) is 8.78 Å². The third-order valence-electron chi connectivity index (χ3n) is 9.97. The van der Waals surface area contributed by atoms with E-state index in [1.165, 1.54) is 16.8 Å². The second-order valence-corrected chi connectivity index (χ2v) is 16.2. The lowest BCUT2D eigenvalue weighted by Crippen LogP contribution is -2.34. The van der Waals surface area contributed by atoms with Gasteiger partial charge >= 0.3 is 5.92 Å². The number of alkyl halides is 2. The molecule has 0 amide bonds. The molecule has 1 aliphatic rings. The monoisotopic (exact) mass is 786 g/mol. The van der Waals surface area contributed by atoms with Crippen molar-refractivity contribution in [3.05, 3.63) is 139 Å². The zero-order valence-electron chi connectivity index (χ0n) is 33.6. The topological polar surface area (TPSA) is 6.48 Å². The molecule has 0 radical (unpaired) electrons. The quantitative estimate of drug-likeness (QED) is 0.0898. The summed E-state index contributed by atoms with van der Waals surface area (Å²) >= 11 is 0.456. The van der Waals surface area contributed by atoms with Crippen molar-refractivity contribution in [2.45, 2.75) is 124 Å². The van der Waals surface area contributed by atoms with Crippen LogP contribution in [0.4, 0.5) is 36.4 Å². The lowest BCUT2D eigenvalue weighted by molar-refractivity contribution is 0.0316. The normalized spacial score (nSPS) is 14.0. The number of fused-ring (bicyclic) bond motifs is 2. The van der Waals surface area contributed by atoms with Gasteiger partial charge in [0.15, 0.2) is 23.3 Å². The van der Waals surface area contributed by atoms with Crippen molar-refractivity contribution in [2.24, 2.45) is 0 Å².